The number of rotatable bonds is 2. The van der Waals surface area contributed by atoms with E-state index in [1.807, 2.05) is 0 Å². The number of carbonyl (C=O) groups excluding carboxylic acids is 1. The van der Waals surface area contributed by atoms with Gasteiger partial charge in [-0.3, -0.25) is 30.9 Å². The minimum atomic E-state index is -1.08. The van der Waals surface area contributed by atoms with Gasteiger partial charge in [-0.2, -0.15) is 0 Å². The molecule has 3 saturated heterocycles. The number of carboxylic acids is 4. The second-order valence-corrected chi connectivity index (χ2v) is 7.03. The van der Waals surface area contributed by atoms with E-state index in [1.165, 1.54) is 6.92 Å². The van der Waals surface area contributed by atoms with E-state index in [1.54, 1.807) is 6.92 Å². The Morgan fingerprint density at radius 1 is 0.773 bits per heavy atom. The van der Waals surface area contributed by atoms with Crippen molar-refractivity contribution >= 4 is 29.8 Å². The largest absolute Gasteiger partial charge is 0.503 e. The third-order valence-corrected chi connectivity index (χ3v) is 2.03. The summed E-state index contributed by atoms with van der Waals surface area (Å²) < 4.78 is 44.7. The fourth-order valence-electron chi connectivity index (χ4n) is 0.527. The van der Waals surface area contributed by atoms with E-state index in [-0.39, 0.29) is 27.4 Å². The number of esters is 1. The molecule has 0 aromatic rings. The molecule has 0 spiro atoms. The van der Waals surface area contributed by atoms with Crippen LogP contribution in [0.1, 0.15) is 55.4 Å². The SMILES string of the molecule is CC(=O)O.CC(=O)O.CC(=O)O.CC(=O)OCC(C)O.CC1CO1.CC1CO1.CC1CO1.[3H][N]=[W].[3H][N]=[W].[3H][N]=[W].[CH2-]C(=O)O.[CH3-].[CH3-]. The maximum absolute atomic E-state index is 10.0. The number of carboxylic acid groups (broad SMARTS) is 4. The van der Waals surface area contributed by atoms with Crippen molar-refractivity contribution in [3.8, 4) is 0 Å². The van der Waals surface area contributed by atoms with Crippen LogP contribution in [0.4, 0.5) is 0 Å². The van der Waals surface area contributed by atoms with Crippen molar-refractivity contribution in [2.24, 2.45) is 0 Å². The normalized spacial score (nSPS) is 16.4. The van der Waals surface area contributed by atoms with Gasteiger partial charge in [0.05, 0.1) is 44.2 Å². The summed E-state index contributed by atoms with van der Waals surface area (Å²) in [6.07, 6.45) is 1.19. The summed E-state index contributed by atoms with van der Waals surface area (Å²) in [7, 11) is 0. The molecule has 0 saturated carbocycles. The van der Waals surface area contributed by atoms with E-state index in [2.05, 4.69) is 44.1 Å². The molecule has 4 unspecified atom stereocenters. The van der Waals surface area contributed by atoms with E-state index in [0.717, 1.165) is 99.5 Å². The van der Waals surface area contributed by atoms with Crippen molar-refractivity contribution in [3.05, 3.63) is 21.8 Å². The molecule has 3 rings (SSSR count). The fraction of sp³-hybridized carbons (Fsp3) is 0.667. The molecule has 4 atom stereocenters. The number of aliphatic hydroxyl groups excluding tert-OH is 1. The molecule has 3 aliphatic heterocycles. The summed E-state index contributed by atoms with van der Waals surface area (Å²) in [5.74, 6) is -3.94. The molecular weight excluding hydrogens is 1110 g/mol. The van der Waals surface area contributed by atoms with Crippen molar-refractivity contribution in [1.29, 1.82) is 11.7 Å². The molecule has 0 aromatic heterocycles. The molecule has 0 amide bonds. The predicted molar refractivity (Wildman–Crippen MR) is 148 cm³/mol. The summed E-state index contributed by atoms with van der Waals surface area (Å²) in [5.41, 5.74) is 0. The first-order valence-electron chi connectivity index (χ1n) is 12.4. The van der Waals surface area contributed by atoms with Gasteiger partial charge in [-0.05, 0) is 27.7 Å². The van der Waals surface area contributed by atoms with Gasteiger partial charge < -0.3 is 59.3 Å². The van der Waals surface area contributed by atoms with Gasteiger partial charge >= 0.3 is 80.8 Å². The summed E-state index contributed by atoms with van der Waals surface area (Å²) in [4.78, 5) is 45.9. The summed E-state index contributed by atoms with van der Waals surface area (Å²) in [6, 6.07) is 0. The Labute approximate surface area is 299 Å². The van der Waals surface area contributed by atoms with Gasteiger partial charge in [0.15, 0.2) is 5.97 Å². The third kappa shape index (κ3) is 404. The molecular formula is C24H52N3O14W3-3. The van der Waals surface area contributed by atoms with Gasteiger partial charge in [-0.15, -0.1) is 0 Å². The number of aliphatic carboxylic acids is 4. The first-order chi connectivity index (χ1) is 20.5. The van der Waals surface area contributed by atoms with Crippen LogP contribution in [0.15, 0.2) is 0 Å². The van der Waals surface area contributed by atoms with Crippen LogP contribution >= 0.6 is 0 Å². The molecule has 0 bridgehead atoms. The van der Waals surface area contributed by atoms with E-state index >= 15 is 0 Å². The molecule has 8 N–H and O–H groups in total. The summed E-state index contributed by atoms with van der Waals surface area (Å²) >= 11 is 2.89. The number of ether oxygens (including phenoxy) is 4. The van der Waals surface area contributed by atoms with Crippen LogP contribution in [0, 0.1) is 33.5 Å². The second-order valence-electron chi connectivity index (χ2n) is 7.03. The van der Waals surface area contributed by atoms with Crippen molar-refractivity contribution < 1.29 is 132 Å². The average Bonchev–Trinajstić information content (AvgIpc) is 3.71. The molecule has 0 aliphatic carbocycles. The van der Waals surface area contributed by atoms with Gasteiger partial charge in [-0.1, -0.05) is 0 Å². The van der Waals surface area contributed by atoms with Crippen molar-refractivity contribution in [3.63, 3.8) is 0 Å². The Hall–Kier alpha value is -1.48. The minimum absolute atomic E-state index is 0. The van der Waals surface area contributed by atoms with Gasteiger partial charge in [0, 0.05) is 27.7 Å². The summed E-state index contributed by atoms with van der Waals surface area (Å²) in [6.45, 7) is 17.9. The van der Waals surface area contributed by atoms with Crippen LogP contribution in [0.3, 0.4) is 0 Å². The van der Waals surface area contributed by atoms with Crippen LogP contribution in [0.25, 0.3) is 0 Å². The molecule has 3 heterocycles. The smallest absolute Gasteiger partial charge is 0.161 e. The van der Waals surface area contributed by atoms with Crippen molar-refractivity contribution in [1.82, 2.24) is 0 Å². The number of aliphatic hydroxyl groups is 1. The van der Waals surface area contributed by atoms with E-state index in [0.29, 0.717) is 18.3 Å². The number of hydrogen-bond acceptors (Lipinski definition) is 13. The Morgan fingerprint density at radius 2 is 0.886 bits per heavy atom. The monoisotopic (exact) mass is 1160 g/mol. The fourth-order valence-corrected chi connectivity index (χ4v) is 0.527. The maximum Gasteiger partial charge on any atom is 0.161 e. The van der Waals surface area contributed by atoms with E-state index in [9.17, 15) is 4.79 Å². The molecule has 0 radical (unpaired) electrons. The van der Waals surface area contributed by atoms with Crippen LogP contribution in [-0.4, -0.2) is 106 Å². The van der Waals surface area contributed by atoms with Gasteiger partial charge in [-0.25, -0.2) is 0 Å². The topological polar surface area (TPSA) is 305 Å². The van der Waals surface area contributed by atoms with Crippen molar-refractivity contribution in [2.75, 3.05) is 26.4 Å². The molecule has 17 nitrogen and oxygen atoms in total. The van der Waals surface area contributed by atoms with Gasteiger partial charge in [0.2, 0.25) is 0 Å². The number of nitrogens with one attached hydrogen (secondary N) is 3. The first kappa shape index (κ1) is 58.1. The van der Waals surface area contributed by atoms with Crippen LogP contribution in [0.2, 0.25) is 4.24 Å². The number of hydrogen-bond donors (Lipinski definition) is 8. The molecule has 0 aromatic carbocycles. The second kappa shape index (κ2) is 60.7. The van der Waals surface area contributed by atoms with Gasteiger partial charge in [0.1, 0.15) is 6.61 Å². The zero-order valence-corrected chi connectivity index (χ0v) is 35.6. The standard InChI is InChI=1S/C5H10O3.3C3H6O.3C2H4O2.C2H3O2.2CH3.3HN.3W/c1-4(6)3-8-5(2)7;3*1-3-2-4-3;4*1-2(3)4;;;;;;;;/h4,6H,3H2,1-2H3;3*3H,2H2,1H3;3*1H3,(H,3,4);1H2,(H,3,4);2*1H3;3*1H;;;/q;;;;;;;3*-1;;;;;;/i;;;;;;;;;;3*1T;;;. The molecule has 3 fully saturated rings. The Bertz CT molecular complexity index is 636. The number of carbonyl (C=O) groups is 5. The van der Waals surface area contributed by atoms with E-state index < -0.39 is 30.0 Å². The quantitative estimate of drug-likeness (QED) is 0.112. The molecule has 268 valence electrons. The zero-order valence-electron chi connectivity index (χ0n) is 29.8. The Kier molecular flexibility index (Phi) is 80.1. The summed E-state index contributed by atoms with van der Waals surface area (Å²) in [5, 5.41) is 38.1. The van der Waals surface area contributed by atoms with Crippen LogP contribution in [-0.2, 0) is 102 Å². The number of epoxide rings is 3. The predicted octanol–water partition coefficient (Wildman–Crippen LogP) is 3.11. The zero-order chi connectivity index (χ0) is 38.0. The third-order valence-electron chi connectivity index (χ3n) is 2.03. The molecule has 44 heavy (non-hydrogen) atoms. The average molecular weight is 1160 g/mol. The van der Waals surface area contributed by atoms with Gasteiger partial charge in [0.25, 0.3) is 17.9 Å². The Balaban J connectivity index is -0.0000000404. The van der Waals surface area contributed by atoms with Crippen LogP contribution in [0.5, 0.6) is 0 Å². The van der Waals surface area contributed by atoms with E-state index in [4.69, 9.17) is 63.2 Å². The molecule has 3 aliphatic rings. The first-order valence-corrected chi connectivity index (χ1v) is 15.0. The van der Waals surface area contributed by atoms with Crippen molar-refractivity contribution in [2.45, 2.75) is 79.8 Å². The van der Waals surface area contributed by atoms with Crippen LogP contribution < -0.4 is 0 Å². The molecule has 20 heteroatoms. The maximum atomic E-state index is 10.0. The Morgan fingerprint density at radius 3 is 0.909 bits per heavy atom. The minimum Gasteiger partial charge on any atom is -0.503 e.